The number of carbonyl (C=O) groups is 1. The van der Waals surface area contributed by atoms with Crippen LogP contribution in [-0.4, -0.2) is 38.3 Å². The summed E-state index contributed by atoms with van der Waals surface area (Å²) in [6.45, 7) is 3.42. The van der Waals surface area contributed by atoms with E-state index in [0.29, 0.717) is 18.4 Å². The predicted molar refractivity (Wildman–Crippen MR) is 85.3 cm³/mol. The maximum absolute atomic E-state index is 11.8. The molecule has 0 spiro atoms. The highest BCUT2D eigenvalue weighted by Crippen LogP contribution is 2.19. The van der Waals surface area contributed by atoms with Crippen LogP contribution in [0.5, 0.6) is 0 Å². The van der Waals surface area contributed by atoms with Crippen molar-refractivity contribution in [1.82, 2.24) is 10.6 Å². The Labute approximate surface area is 129 Å². The highest BCUT2D eigenvalue weighted by molar-refractivity contribution is 5.75. The second-order valence-electron chi connectivity index (χ2n) is 6.59. The number of rotatable bonds is 7. The van der Waals surface area contributed by atoms with Gasteiger partial charge in [-0.1, -0.05) is 25.7 Å². The Bertz CT molecular complexity index is 283. The molecule has 2 N–H and O–H groups in total. The Kier molecular flexibility index (Phi) is 8.12. The number of hydrogen-bond acceptors (Lipinski definition) is 3. The summed E-state index contributed by atoms with van der Waals surface area (Å²) in [4.78, 5) is 11.8. The van der Waals surface area contributed by atoms with Gasteiger partial charge in [-0.2, -0.15) is 0 Å². The third kappa shape index (κ3) is 7.28. The van der Waals surface area contributed by atoms with Gasteiger partial charge < -0.3 is 15.4 Å². The van der Waals surface area contributed by atoms with E-state index in [4.69, 9.17) is 4.74 Å². The second kappa shape index (κ2) is 10.2. The molecule has 122 valence electrons. The summed E-state index contributed by atoms with van der Waals surface area (Å²) in [6, 6.07) is 0.673. The zero-order chi connectivity index (χ0) is 14.8. The summed E-state index contributed by atoms with van der Waals surface area (Å²) >= 11 is 0. The molecule has 1 heterocycles. The number of carbonyl (C=O) groups excluding carboxylic acids is 1. The molecular formula is C17H32N2O2. The van der Waals surface area contributed by atoms with Gasteiger partial charge in [0.05, 0.1) is 0 Å². The molecule has 21 heavy (non-hydrogen) atoms. The fourth-order valence-corrected chi connectivity index (χ4v) is 3.42. The highest BCUT2D eigenvalue weighted by atomic mass is 16.5. The molecule has 2 fully saturated rings. The van der Waals surface area contributed by atoms with Crippen LogP contribution in [0.3, 0.4) is 0 Å². The predicted octanol–water partition coefficient (Wildman–Crippen LogP) is 2.62. The molecule has 4 nitrogen and oxygen atoms in total. The zero-order valence-corrected chi connectivity index (χ0v) is 13.4. The first-order valence-corrected chi connectivity index (χ1v) is 8.92. The molecule has 0 aromatic heterocycles. The molecule has 1 aliphatic heterocycles. The lowest BCUT2D eigenvalue weighted by Gasteiger charge is -2.21. The van der Waals surface area contributed by atoms with Crippen molar-refractivity contribution in [2.24, 2.45) is 5.92 Å². The van der Waals surface area contributed by atoms with Crippen molar-refractivity contribution in [3.05, 3.63) is 0 Å². The van der Waals surface area contributed by atoms with Crippen LogP contribution in [-0.2, 0) is 9.53 Å². The maximum Gasteiger partial charge on any atom is 0.220 e. The molecular weight excluding hydrogens is 264 g/mol. The molecule has 2 aliphatic rings. The molecule has 0 bridgehead atoms. The Morgan fingerprint density at radius 3 is 2.38 bits per heavy atom. The highest BCUT2D eigenvalue weighted by Gasteiger charge is 2.15. The van der Waals surface area contributed by atoms with E-state index in [1.54, 1.807) is 0 Å². The third-order valence-electron chi connectivity index (χ3n) is 4.86. The van der Waals surface area contributed by atoms with Crippen molar-refractivity contribution in [2.45, 2.75) is 70.3 Å². The summed E-state index contributed by atoms with van der Waals surface area (Å²) in [5, 5.41) is 6.64. The zero-order valence-electron chi connectivity index (χ0n) is 13.4. The fraction of sp³-hybridized carbons (Fsp3) is 0.941. The minimum absolute atomic E-state index is 0.212. The Balaban J connectivity index is 1.46. The summed E-state index contributed by atoms with van der Waals surface area (Å²) in [5.41, 5.74) is 0. The number of hydrogen-bond donors (Lipinski definition) is 2. The first-order chi connectivity index (χ1) is 10.3. The number of nitrogens with one attached hydrogen (secondary N) is 2. The van der Waals surface area contributed by atoms with E-state index in [9.17, 15) is 4.79 Å². The van der Waals surface area contributed by atoms with Crippen LogP contribution in [0.1, 0.15) is 64.2 Å². The Hall–Kier alpha value is -0.610. The fourth-order valence-electron chi connectivity index (χ4n) is 3.42. The Morgan fingerprint density at radius 2 is 1.67 bits per heavy atom. The van der Waals surface area contributed by atoms with E-state index in [0.717, 1.165) is 45.6 Å². The van der Waals surface area contributed by atoms with Gasteiger partial charge in [0.1, 0.15) is 0 Å². The van der Waals surface area contributed by atoms with E-state index in [2.05, 4.69) is 10.6 Å². The van der Waals surface area contributed by atoms with Crippen LogP contribution in [0.2, 0.25) is 0 Å². The summed E-state index contributed by atoms with van der Waals surface area (Å²) in [7, 11) is 0. The van der Waals surface area contributed by atoms with Crippen molar-refractivity contribution in [2.75, 3.05) is 26.3 Å². The van der Waals surface area contributed by atoms with Crippen molar-refractivity contribution in [3.63, 3.8) is 0 Å². The van der Waals surface area contributed by atoms with Gasteiger partial charge in [0, 0.05) is 38.8 Å². The average Bonchev–Trinajstić information content (AvgIpc) is 2.79. The first kappa shape index (κ1) is 16.8. The van der Waals surface area contributed by atoms with Gasteiger partial charge in [0.15, 0.2) is 0 Å². The van der Waals surface area contributed by atoms with Crippen LogP contribution in [0.15, 0.2) is 0 Å². The van der Waals surface area contributed by atoms with Gasteiger partial charge in [-0.3, -0.25) is 4.79 Å². The largest absolute Gasteiger partial charge is 0.381 e. The lowest BCUT2D eigenvalue weighted by atomic mass is 9.95. The second-order valence-corrected chi connectivity index (χ2v) is 6.59. The number of ether oxygens (including phenoxy) is 1. The average molecular weight is 296 g/mol. The molecule has 1 amide bonds. The van der Waals surface area contributed by atoms with Gasteiger partial charge >= 0.3 is 0 Å². The van der Waals surface area contributed by atoms with E-state index in [-0.39, 0.29) is 5.91 Å². The topological polar surface area (TPSA) is 50.4 Å². The van der Waals surface area contributed by atoms with Gasteiger partial charge in [0.25, 0.3) is 0 Å². The lowest BCUT2D eigenvalue weighted by Crippen LogP contribution is -2.37. The maximum atomic E-state index is 11.8. The molecule has 1 aliphatic carbocycles. The van der Waals surface area contributed by atoms with Crippen LogP contribution >= 0.6 is 0 Å². The molecule has 1 saturated heterocycles. The summed E-state index contributed by atoms with van der Waals surface area (Å²) in [5.74, 6) is 0.901. The molecule has 0 aromatic rings. The Morgan fingerprint density at radius 1 is 0.952 bits per heavy atom. The van der Waals surface area contributed by atoms with Crippen molar-refractivity contribution >= 4 is 5.91 Å². The van der Waals surface area contributed by atoms with Gasteiger partial charge in [-0.05, 0) is 38.0 Å². The quantitative estimate of drug-likeness (QED) is 0.561. The van der Waals surface area contributed by atoms with Crippen LogP contribution < -0.4 is 10.6 Å². The lowest BCUT2D eigenvalue weighted by molar-refractivity contribution is -0.121. The van der Waals surface area contributed by atoms with Crippen LogP contribution in [0.25, 0.3) is 0 Å². The smallest absolute Gasteiger partial charge is 0.220 e. The minimum atomic E-state index is 0.212. The summed E-state index contributed by atoms with van der Waals surface area (Å²) < 4.78 is 5.34. The molecule has 2 rings (SSSR count). The SMILES string of the molecule is O=C(CCC1CCOCC1)NCCNC1CCCCCC1. The van der Waals surface area contributed by atoms with Crippen LogP contribution in [0, 0.1) is 5.92 Å². The van der Waals surface area contributed by atoms with Crippen molar-refractivity contribution in [1.29, 1.82) is 0 Å². The van der Waals surface area contributed by atoms with Gasteiger partial charge in [-0.25, -0.2) is 0 Å². The molecule has 1 saturated carbocycles. The minimum Gasteiger partial charge on any atom is -0.381 e. The van der Waals surface area contributed by atoms with Crippen LogP contribution in [0.4, 0.5) is 0 Å². The summed E-state index contributed by atoms with van der Waals surface area (Å²) in [6.07, 6.45) is 12.0. The molecule has 4 heteroatoms. The monoisotopic (exact) mass is 296 g/mol. The standard InChI is InChI=1S/C17H32N2O2/c20-17(8-7-15-9-13-21-14-10-15)19-12-11-18-16-5-3-1-2-4-6-16/h15-16,18H,1-14H2,(H,19,20). The van der Waals surface area contributed by atoms with E-state index < -0.39 is 0 Å². The van der Waals surface area contributed by atoms with Crippen molar-refractivity contribution < 1.29 is 9.53 Å². The van der Waals surface area contributed by atoms with Gasteiger partial charge in [-0.15, -0.1) is 0 Å². The van der Waals surface area contributed by atoms with E-state index >= 15 is 0 Å². The molecule has 0 atom stereocenters. The van der Waals surface area contributed by atoms with E-state index in [1.807, 2.05) is 0 Å². The third-order valence-corrected chi connectivity index (χ3v) is 4.86. The van der Waals surface area contributed by atoms with Gasteiger partial charge in [0.2, 0.25) is 5.91 Å². The number of amides is 1. The van der Waals surface area contributed by atoms with E-state index in [1.165, 1.54) is 38.5 Å². The van der Waals surface area contributed by atoms with Crippen molar-refractivity contribution in [3.8, 4) is 0 Å². The normalized spacial score (nSPS) is 21.9. The first-order valence-electron chi connectivity index (χ1n) is 8.92. The molecule has 0 aromatic carbocycles. The molecule has 0 radical (unpaired) electrons. The molecule has 0 unspecified atom stereocenters.